The minimum atomic E-state index is -3.65. The van der Waals surface area contributed by atoms with Crippen molar-refractivity contribution in [1.82, 2.24) is 9.62 Å². The molecule has 2 aromatic rings. The average molecular weight is 449 g/mol. The second-order valence-electron chi connectivity index (χ2n) is 8.12. The number of benzene rings is 1. The lowest BCUT2D eigenvalue weighted by Gasteiger charge is -2.37. The zero-order valence-electron chi connectivity index (χ0n) is 17.2. The number of aryl methyl sites for hydroxylation is 1. The summed E-state index contributed by atoms with van der Waals surface area (Å²) in [5, 5.41) is 5.02. The van der Waals surface area contributed by atoms with Crippen LogP contribution >= 0.6 is 11.3 Å². The van der Waals surface area contributed by atoms with Gasteiger partial charge >= 0.3 is 0 Å². The normalized spacial score (nSPS) is 21.7. The van der Waals surface area contributed by atoms with E-state index >= 15 is 0 Å². The second-order valence-corrected chi connectivity index (χ2v) is 11.1. The summed E-state index contributed by atoms with van der Waals surface area (Å²) in [4.78, 5) is 14.5. The van der Waals surface area contributed by atoms with E-state index in [1.165, 1.54) is 4.31 Å². The minimum absolute atomic E-state index is 0.0654. The number of carbonyl (C=O) groups is 1. The van der Waals surface area contributed by atoms with Gasteiger partial charge in [0.15, 0.2) is 0 Å². The van der Waals surface area contributed by atoms with Crippen LogP contribution in [0.1, 0.15) is 30.2 Å². The predicted molar refractivity (Wildman–Crippen MR) is 117 cm³/mol. The van der Waals surface area contributed by atoms with Gasteiger partial charge < -0.3 is 10.1 Å². The summed E-state index contributed by atoms with van der Waals surface area (Å²) in [5.74, 6) is -0.435. The highest BCUT2D eigenvalue weighted by Crippen LogP contribution is 2.46. The zero-order valence-corrected chi connectivity index (χ0v) is 18.8. The third kappa shape index (κ3) is 4.19. The molecular weight excluding hydrogens is 420 g/mol. The first-order valence-corrected chi connectivity index (χ1v) is 12.7. The van der Waals surface area contributed by atoms with Gasteiger partial charge in [-0.15, -0.1) is 11.3 Å². The van der Waals surface area contributed by atoms with Crippen molar-refractivity contribution in [2.24, 2.45) is 11.3 Å². The quantitative estimate of drug-likeness (QED) is 0.737. The second kappa shape index (κ2) is 8.78. The van der Waals surface area contributed by atoms with Crippen molar-refractivity contribution in [3.05, 3.63) is 52.2 Å². The zero-order chi connectivity index (χ0) is 21.2. The summed E-state index contributed by atoms with van der Waals surface area (Å²) < 4.78 is 33.7. The summed E-state index contributed by atoms with van der Waals surface area (Å²) >= 11 is 1.60. The number of nitrogens with one attached hydrogen (secondary N) is 1. The van der Waals surface area contributed by atoms with Crippen LogP contribution in [0.15, 0.2) is 46.7 Å². The monoisotopic (exact) mass is 448 g/mol. The molecule has 1 N–H and O–H groups in total. The number of hydrogen-bond acceptors (Lipinski definition) is 5. The van der Waals surface area contributed by atoms with Crippen molar-refractivity contribution in [2.75, 3.05) is 26.3 Å². The number of hydrogen-bond donors (Lipinski definition) is 1. The van der Waals surface area contributed by atoms with Gasteiger partial charge in [-0.3, -0.25) is 4.79 Å². The summed E-state index contributed by atoms with van der Waals surface area (Å²) in [7, 11) is -3.65. The predicted octanol–water partition coefficient (Wildman–Crippen LogP) is 3.04. The van der Waals surface area contributed by atoms with E-state index in [0.29, 0.717) is 44.0 Å². The van der Waals surface area contributed by atoms with Gasteiger partial charge in [0.2, 0.25) is 15.9 Å². The largest absolute Gasteiger partial charge is 0.381 e. The Hall–Kier alpha value is -1.74. The van der Waals surface area contributed by atoms with Gasteiger partial charge in [0, 0.05) is 36.6 Å². The topological polar surface area (TPSA) is 75.7 Å². The van der Waals surface area contributed by atoms with E-state index in [0.717, 1.165) is 16.9 Å². The number of ether oxygens (including phenoxy) is 1. The van der Waals surface area contributed by atoms with Crippen molar-refractivity contribution in [3.63, 3.8) is 0 Å². The smallest absolute Gasteiger partial charge is 0.243 e. The maximum absolute atomic E-state index is 13.3. The number of sulfonamides is 1. The fourth-order valence-electron chi connectivity index (χ4n) is 4.51. The molecule has 1 amide bonds. The molecule has 3 heterocycles. The van der Waals surface area contributed by atoms with Gasteiger partial charge in [0.25, 0.3) is 0 Å². The van der Waals surface area contributed by atoms with Crippen molar-refractivity contribution >= 4 is 27.3 Å². The van der Waals surface area contributed by atoms with Crippen LogP contribution in [0, 0.1) is 11.3 Å². The van der Waals surface area contributed by atoms with Crippen LogP contribution in [0.25, 0.3) is 0 Å². The molecule has 1 aromatic carbocycles. The summed E-state index contributed by atoms with van der Waals surface area (Å²) in [6.07, 6.45) is 2.26. The highest BCUT2D eigenvalue weighted by Gasteiger charge is 2.53. The first kappa shape index (κ1) is 21.5. The van der Waals surface area contributed by atoms with Gasteiger partial charge in [-0.2, -0.15) is 4.31 Å². The van der Waals surface area contributed by atoms with Crippen molar-refractivity contribution in [1.29, 1.82) is 0 Å². The number of rotatable bonds is 6. The molecule has 1 unspecified atom stereocenters. The fraction of sp³-hybridized carbons (Fsp3) is 0.500. The molecule has 0 aliphatic carbocycles. The van der Waals surface area contributed by atoms with Crippen LogP contribution in [-0.4, -0.2) is 44.9 Å². The maximum Gasteiger partial charge on any atom is 0.243 e. The van der Waals surface area contributed by atoms with Crippen LogP contribution in [0.3, 0.4) is 0 Å². The number of nitrogens with zero attached hydrogens (tertiary/aromatic N) is 1. The Morgan fingerprint density at radius 3 is 2.60 bits per heavy atom. The molecule has 2 saturated heterocycles. The molecule has 1 spiro atoms. The molecule has 6 nitrogen and oxygen atoms in total. The van der Waals surface area contributed by atoms with Crippen molar-refractivity contribution in [3.8, 4) is 0 Å². The van der Waals surface area contributed by atoms with Crippen molar-refractivity contribution < 1.29 is 17.9 Å². The van der Waals surface area contributed by atoms with Crippen LogP contribution < -0.4 is 5.32 Å². The third-order valence-electron chi connectivity index (χ3n) is 6.41. The Morgan fingerprint density at radius 1 is 1.23 bits per heavy atom. The number of carbonyl (C=O) groups excluding carboxylic acids is 1. The van der Waals surface area contributed by atoms with E-state index in [9.17, 15) is 13.2 Å². The van der Waals surface area contributed by atoms with Gasteiger partial charge in [0.05, 0.1) is 17.4 Å². The van der Waals surface area contributed by atoms with Gasteiger partial charge in [-0.05, 0) is 48.4 Å². The molecule has 2 aliphatic heterocycles. The molecule has 1 aromatic heterocycles. The van der Waals surface area contributed by atoms with Gasteiger partial charge in [-0.1, -0.05) is 25.1 Å². The Balaban J connectivity index is 1.56. The van der Waals surface area contributed by atoms with Gasteiger partial charge in [0.1, 0.15) is 0 Å². The molecule has 2 aliphatic rings. The fourth-order valence-corrected chi connectivity index (χ4v) is 6.70. The van der Waals surface area contributed by atoms with E-state index in [2.05, 4.69) is 5.32 Å². The van der Waals surface area contributed by atoms with E-state index < -0.39 is 10.0 Å². The first-order chi connectivity index (χ1) is 14.4. The molecule has 4 rings (SSSR count). The maximum atomic E-state index is 13.3. The van der Waals surface area contributed by atoms with E-state index in [1.54, 1.807) is 23.5 Å². The van der Waals surface area contributed by atoms with Crippen LogP contribution in [0.2, 0.25) is 0 Å². The lowest BCUT2D eigenvalue weighted by Crippen LogP contribution is -2.44. The van der Waals surface area contributed by atoms with E-state index in [-0.39, 0.29) is 23.8 Å². The first-order valence-electron chi connectivity index (χ1n) is 10.4. The average Bonchev–Trinajstić information content (AvgIpc) is 3.41. The third-order valence-corrected chi connectivity index (χ3v) is 9.11. The van der Waals surface area contributed by atoms with E-state index in [1.807, 2.05) is 36.6 Å². The molecule has 0 radical (unpaired) electrons. The van der Waals surface area contributed by atoms with Gasteiger partial charge in [-0.25, -0.2) is 8.42 Å². The lowest BCUT2D eigenvalue weighted by atomic mass is 9.72. The van der Waals surface area contributed by atoms with Crippen molar-refractivity contribution in [2.45, 2.75) is 37.6 Å². The Bertz CT molecular complexity index is 965. The van der Waals surface area contributed by atoms with Crippen LogP contribution in [0.5, 0.6) is 0 Å². The molecule has 30 heavy (non-hydrogen) atoms. The molecule has 1 atom stereocenters. The number of amides is 1. The Morgan fingerprint density at radius 2 is 1.97 bits per heavy atom. The molecule has 0 saturated carbocycles. The highest BCUT2D eigenvalue weighted by molar-refractivity contribution is 7.89. The SMILES string of the molecule is CCc1ccc(S(=O)(=O)N2CC(C(=O)NCc3cccs3)C3(CCOCC3)C2)cc1. The molecular formula is C22H28N2O4S2. The van der Waals surface area contributed by atoms with Crippen LogP contribution in [0.4, 0.5) is 0 Å². The number of thiophene rings is 1. The molecule has 0 bridgehead atoms. The molecule has 2 fully saturated rings. The lowest BCUT2D eigenvalue weighted by molar-refractivity contribution is -0.130. The summed E-state index contributed by atoms with van der Waals surface area (Å²) in [6, 6.07) is 11.0. The highest BCUT2D eigenvalue weighted by atomic mass is 32.2. The minimum Gasteiger partial charge on any atom is -0.381 e. The summed E-state index contributed by atoms with van der Waals surface area (Å²) in [6.45, 7) is 4.23. The van der Waals surface area contributed by atoms with Crippen LogP contribution in [-0.2, 0) is 32.5 Å². The molecule has 162 valence electrons. The Kier molecular flexibility index (Phi) is 6.29. The standard InChI is InChI=1S/C22H28N2O4S2/c1-2-17-5-7-19(8-6-17)30(26,27)24-15-20(22(16-24)9-11-28-12-10-22)21(25)23-14-18-4-3-13-29-18/h3-8,13,20H,2,9-12,14-16H2,1H3,(H,23,25). The van der Waals surface area contributed by atoms with E-state index in [4.69, 9.17) is 4.74 Å². The summed E-state index contributed by atoms with van der Waals surface area (Å²) in [5.41, 5.74) is 0.732. The Labute approximate surface area is 182 Å². The molecule has 8 heteroatoms.